The van der Waals surface area contributed by atoms with Gasteiger partial charge in [0.15, 0.2) is 0 Å². The molecule has 114 valence electrons. The molecule has 2 fully saturated rings. The van der Waals surface area contributed by atoms with Crippen LogP contribution in [-0.2, 0) is 6.61 Å². The Bertz CT molecular complexity index is 616. The van der Waals surface area contributed by atoms with Crippen LogP contribution in [0.4, 0.5) is 5.69 Å². The predicted octanol–water partition coefficient (Wildman–Crippen LogP) is 2.92. The van der Waals surface area contributed by atoms with E-state index in [0.29, 0.717) is 6.61 Å². The fourth-order valence-corrected chi connectivity index (χ4v) is 3.63. The second-order valence-electron chi connectivity index (χ2n) is 6.33. The Hall–Kier alpha value is -2.00. The Balaban J connectivity index is 1.49. The van der Waals surface area contributed by atoms with Crippen LogP contribution in [0, 0.1) is 11.8 Å². The summed E-state index contributed by atoms with van der Waals surface area (Å²) in [5.41, 5.74) is 2.45. The maximum Gasteiger partial charge on any atom is 0.143 e. The summed E-state index contributed by atoms with van der Waals surface area (Å²) in [6.07, 6.45) is 0. The maximum absolute atomic E-state index is 6.10. The fourth-order valence-electron chi connectivity index (χ4n) is 3.63. The third-order valence-corrected chi connectivity index (χ3v) is 4.83. The SMILES string of the molecule is c1ccc(COc2ccccc2N2CC3CNCC3C2)cc1. The number of benzene rings is 2. The molecule has 2 unspecified atom stereocenters. The van der Waals surface area contributed by atoms with Crippen LogP contribution in [0.5, 0.6) is 5.75 Å². The summed E-state index contributed by atoms with van der Waals surface area (Å²) in [5.74, 6) is 2.59. The van der Waals surface area contributed by atoms with Gasteiger partial charge in [0, 0.05) is 26.2 Å². The largest absolute Gasteiger partial charge is 0.487 e. The lowest BCUT2D eigenvalue weighted by Gasteiger charge is -2.23. The number of fused-ring (bicyclic) bond motifs is 1. The Morgan fingerprint density at radius 1 is 0.909 bits per heavy atom. The highest BCUT2D eigenvalue weighted by Gasteiger charge is 2.36. The van der Waals surface area contributed by atoms with Crippen LogP contribution >= 0.6 is 0 Å². The molecule has 2 atom stereocenters. The van der Waals surface area contributed by atoms with Gasteiger partial charge in [0.05, 0.1) is 5.69 Å². The molecule has 0 aromatic heterocycles. The Morgan fingerprint density at radius 2 is 1.59 bits per heavy atom. The summed E-state index contributed by atoms with van der Waals surface area (Å²) in [4.78, 5) is 2.50. The second-order valence-corrected chi connectivity index (χ2v) is 6.33. The van der Waals surface area contributed by atoms with E-state index in [2.05, 4.69) is 58.7 Å². The van der Waals surface area contributed by atoms with Crippen molar-refractivity contribution in [2.75, 3.05) is 31.1 Å². The molecule has 0 bridgehead atoms. The quantitative estimate of drug-likeness (QED) is 0.938. The van der Waals surface area contributed by atoms with E-state index in [9.17, 15) is 0 Å². The van der Waals surface area contributed by atoms with Gasteiger partial charge in [-0.3, -0.25) is 0 Å². The van der Waals surface area contributed by atoms with Gasteiger partial charge < -0.3 is 15.0 Å². The summed E-state index contributed by atoms with van der Waals surface area (Å²) in [5, 5.41) is 3.50. The minimum absolute atomic E-state index is 0.625. The molecule has 4 rings (SSSR count). The van der Waals surface area contributed by atoms with Gasteiger partial charge in [0.1, 0.15) is 12.4 Å². The fraction of sp³-hybridized carbons (Fsp3) is 0.368. The first-order valence-corrected chi connectivity index (χ1v) is 8.11. The normalized spacial score (nSPS) is 23.5. The zero-order chi connectivity index (χ0) is 14.8. The molecule has 0 spiro atoms. The standard InChI is InChI=1S/C19H22N2O/c1-2-6-15(7-3-1)14-22-19-9-5-4-8-18(19)21-12-16-10-20-11-17(16)13-21/h1-9,16-17,20H,10-14H2. The van der Waals surface area contributed by atoms with Crippen molar-refractivity contribution in [3.63, 3.8) is 0 Å². The van der Waals surface area contributed by atoms with E-state index < -0.39 is 0 Å². The zero-order valence-corrected chi connectivity index (χ0v) is 12.7. The van der Waals surface area contributed by atoms with E-state index >= 15 is 0 Å². The molecule has 0 radical (unpaired) electrons. The molecule has 1 N–H and O–H groups in total. The predicted molar refractivity (Wildman–Crippen MR) is 89.3 cm³/mol. The molecule has 2 aromatic rings. The van der Waals surface area contributed by atoms with E-state index in [4.69, 9.17) is 4.74 Å². The number of nitrogens with one attached hydrogen (secondary N) is 1. The second kappa shape index (κ2) is 6.01. The van der Waals surface area contributed by atoms with E-state index in [1.165, 1.54) is 11.3 Å². The number of hydrogen-bond acceptors (Lipinski definition) is 3. The monoisotopic (exact) mass is 294 g/mol. The molecule has 0 saturated carbocycles. The van der Waals surface area contributed by atoms with Crippen molar-refractivity contribution in [1.29, 1.82) is 0 Å². The van der Waals surface area contributed by atoms with Crippen LogP contribution < -0.4 is 15.0 Å². The van der Waals surface area contributed by atoms with Gasteiger partial charge in [-0.25, -0.2) is 0 Å². The summed E-state index contributed by atoms with van der Waals surface area (Å²) in [7, 11) is 0. The van der Waals surface area contributed by atoms with E-state index in [-0.39, 0.29) is 0 Å². The van der Waals surface area contributed by atoms with Crippen molar-refractivity contribution >= 4 is 5.69 Å². The highest BCUT2D eigenvalue weighted by Crippen LogP contribution is 2.35. The highest BCUT2D eigenvalue weighted by atomic mass is 16.5. The third kappa shape index (κ3) is 2.69. The van der Waals surface area contributed by atoms with Crippen LogP contribution in [0.3, 0.4) is 0 Å². The lowest BCUT2D eigenvalue weighted by molar-refractivity contribution is 0.306. The molecule has 2 aromatic carbocycles. The Kier molecular flexibility index (Phi) is 3.73. The first-order chi connectivity index (χ1) is 10.9. The first-order valence-electron chi connectivity index (χ1n) is 8.11. The number of para-hydroxylation sites is 2. The molecular formula is C19H22N2O. The average Bonchev–Trinajstić information content (AvgIpc) is 3.16. The van der Waals surface area contributed by atoms with Gasteiger partial charge in [-0.2, -0.15) is 0 Å². The smallest absolute Gasteiger partial charge is 0.143 e. The van der Waals surface area contributed by atoms with Crippen LogP contribution in [0.1, 0.15) is 5.56 Å². The number of anilines is 1. The van der Waals surface area contributed by atoms with Crippen molar-refractivity contribution in [2.45, 2.75) is 6.61 Å². The van der Waals surface area contributed by atoms with Crippen molar-refractivity contribution in [3.8, 4) is 5.75 Å². The summed E-state index contributed by atoms with van der Waals surface area (Å²) in [6.45, 7) is 5.23. The van der Waals surface area contributed by atoms with Crippen molar-refractivity contribution in [2.24, 2.45) is 11.8 Å². The minimum Gasteiger partial charge on any atom is -0.487 e. The Labute approximate surface area is 131 Å². The van der Waals surface area contributed by atoms with E-state index in [1.54, 1.807) is 0 Å². The van der Waals surface area contributed by atoms with E-state index in [0.717, 1.165) is 43.8 Å². The van der Waals surface area contributed by atoms with Gasteiger partial charge in [0.25, 0.3) is 0 Å². The first kappa shape index (κ1) is 13.6. The molecule has 3 nitrogen and oxygen atoms in total. The molecule has 22 heavy (non-hydrogen) atoms. The zero-order valence-electron chi connectivity index (χ0n) is 12.7. The van der Waals surface area contributed by atoms with Crippen molar-refractivity contribution in [3.05, 3.63) is 60.2 Å². The molecule has 2 saturated heterocycles. The lowest BCUT2D eigenvalue weighted by Crippen LogP contribution is -2.25. The van der Waals surface area contributed by atoms with E-state index in [1.807, 2.05) is 6.07 Å². The van der Waals surface area contributed by atoms with Gasteiger partial charge in [-0.15, -0.1) is 0 Å². The lowest BCUT2D eigenvalue weighted by atomic mass is 10.0. The summed E-state index contributed by atoms with van der Waals surface area (Å²) >= 11 is 0. The van der Waals surface area contributed by atoms with Gasteiger partial charge in [-0.05, 0) is 29.5 Å². The molecule has 2 aliphatic rings. The third-order valence-electron chi connectivity index (χ3n) is 4.83. The van der Waals surface area contributed by atoms with Crippen LogP contribution in [0.25, 0.3) is 0 Å². The molecule has 3 heteroatoms. The number of rotatable bonds is 4. The minimum atomic E-state index is 0.625. The summed E-state index contributed by atoms with van der Waals surface area (Å²) in [6, 6.07) is 18.8. The van der Waals surface area contributed by atoms with Crippen molar-refractivity contribution < 1.29 is 4.74 Å². The molecule has 2 aliphatic heterocycles. The number of ether oxygens (including phenoxy) is 1. The highest BCUT2D eigenvalue weighted by molar-refractivity contribution is 5.59. The summed E-state index contributed by atoms with van der Waals surface area (Å²) < 4.78 is 6.10. The van der Waals surface area contributed by atoms with Crippen molar-refractivity contribution in [1.82, 2.24) is 5.32 Å². The Morgan fingerprint density at radius 3 is 2.36 bits per heavy atom. The molecule has 0 amide bonds. The topological polar surface area (TPSA) is 24.5 Å². The maximum atomic E-state index is 6.10. The van der Waals surface area contributed by atoms with Gasteiger partial charge in [0.2, 0.25) is 0 Å². The molecular weight excluding hydrogens is 272 g/mol. The van der Waals surface area contributed by atoms with Gasteiger partial charge >= 0.3 is 0 Å². The van der Waals surface area contributed by atoms with Gasteiger partial charge in [-0.1, -0.05) is 42.5 Å². The number of nitrogens with zero attached hydrogens (tertiary/aromatic N) is 1. The molecule has 2 heterocycles. The van der Waals surface area contributed by atoms with Crippen LogP contribution in [-0.4, -0.2) is 26.2 Å². The molecule has 0 aliphatic carbocycles. The average molecular weight is 294 g/mol. The number of hydrogen-bond donors (Lipinski definition) is 1. The van der Waals surface area contributed by atoms with Crippen LogP contribution in [0.2, 0.25) is 0 Å². The van der Waals surface area contributed by atoms with Crippen LogP contribution in [0.15, 0.2) is 54.6 Å².